The van der Waals surface area contributed by atoms with Crippen molar-refractivity contribution < 1.29 is 4.74 Å². The van der Waals surface area contributed by atoms with E-state index in [-0.39, 0.29) is 0 Å². The zero-order valence-corrected chi connectivity index (χ0v) is 18.8. The van der Waals surface area contributed by atoms with Gasteiger partial charge in [-0.05, 0) is 19.1 Å². The van der Waals surface area contributed by atoms with Crippen LogP contribution >= 0.6 is 11.3 Å². The van der Waals surface area contributed by atoms with Gasteiger partial charge in [0.05, 0.1) is 24.6 Å². The van der Waals surface area contributed by atoms with E-state index in [1.807, 2.05) is 18.2 Å². The molecule has 0 spiro atoms. The van der Waals surface area contributed by atoms with Crippen molar-refractivity contribution in [2.24, 2.45) is 0 Å². The number of nitrogens with zero attached hydrogens (tertiary/aromatic N) is 4. The van der Waals surface area contributed by atoms with Gasteiger partial charge in [-0.15, -0.1) is 10.2 Å². The van der Waals surface area contributed by atoms with E-state index < -0.39 is 0 Å². The zero-order valence-electron chi connectivity index (χ0n) is 18.0. The number of thiazole rings is 1. The number of morpholine rings is 1. The van der Waals surface area contributed by atoms with Crippen LogP contribution in [-0.2, 0) is 11.3 Å². The van der Waals surface area contributed by atoms with Gasteiger partial charge in [0.15, 0.2) is 10.9 Å². The number of aryl methyl sites for hydroxylation is 1. The lowest BCUT2D eigenvalue weighted by molar-refractivity contribution is 0.0347. The van der Waals surface area contributed by atoms with E-state index in [1.165, 1.54) is 10.4 Å². The summed E-state index contributed by atoms with van der Waals surface area (Å²) >= 11 is 1.67. The molecule has 3 heterocycles. The molecule has 7 heteroatoms. The minimum atomic E-state index is 0.687. The Morgan fingerprint density at radius 1 is 0.906 bits per heavy atom. The first kappa shape index (κ1) is 20.8. The second kappa shape index (κ2) is 9.56. The summed E-state index contributed by atoms with van der Waals surface area (Å²) in [5.41, 5.74) is 5.29. The van der Waals surface area contributed by atoms with Crippen molar-refractivity contribution in [3.8, 4) is 22.5 Å². The number of aromatic nitrogens is 3. The minimum Gasteiger partial charge on any atom is -0.379 e. The number of rotatable bonds is 6. The standard InChI is InChI=1S/C25H25N5OS/c1-18-7-9-19(10-8-18)21-11-12-23(29-28-21)26-25-27-24(20-5-3-2-4-6-20)22(32-25)17-30-13-15-31-16-14-30/h2-12H,13-17H2,1H3,(H,26,27,29). The smallest absolute Gasteiger partial charge is 0.189 e. The lowest BCUT2D eigenvalue weighted by Gasteiger charge is -2.26. The van der Waals surface area contributed by atoms with Crippen molar-refractivity contribution in [1.29, 1.82) is 0 Å². The molecule has 0 unspecified atom stereocenters. The summed E-state index contributed by atoms with van der Waals surface area (Å²) in [6.45, 7) is 6.40. The number of hydrogen-bond acceptors (Lipinski definition) is 7. The van der Waals surface area contributed by atoms with E-state index in [9.17, 15) is 0 Å². The molecule has 4 aromatic rings. The molecule has 6 nitrogen and oxygen atoms in total. The molecule has 32 heavy (non-hydrogen) atoms. The summed E-state index contributed by atoms with van der Waals surface area (Å²) in [5, 5.41) is 13.0. The maximum absolute atomic E-state index is 5.50. The van der Waals surface area contributed by atoms with Crippen molar-refractivity contribution in [2.45, 2.75) is 13.5 Å². The fourth-order valence-electron chi connectivity index (χ4n) is 3.68. The molecule has 2 aromatic carbocycles. The molecule has 0 amide bonds. The molecule has 1 N–H and O–H groups in total. The average molecular weight is 444 g/mol. The van der Waals surface area contributed by atoms with Gasteiger partial charge in [-0.3, -0.25) is 4.90 Å². The largest absolute Gasteiger partial charge is 0.379 e. The van der Waals surface area contributed by atoms with Crippen LogP contribution in [0.1, 0.15) is 10.4 Å². The molecule has 1 saturated heterocycles. The van der Waals surface area contributed by atoms with Crippen molar-refractivity contribution in [3.63, 3.8) is 0 Å². The molecule has 0 radical (unpaired) electrons. The molecule has 2 aromatic heterocycles. The van der Waals surface area contributed by atoms with Crippen LogP contribution in [-0.4, -0.2) is 46.4 Å². The van der Waals surface area contributed by atoms with Gasteiger partial charge in [0.1, 0.15) is 0 Å². The van der Waals surface area contributed by atoms with Crippen molar-refractivity contribution in [3.05, 3.63) is 77.2 Å². The highest BCUT2D eigenvalue weighted by Gasteiger charge is 2.18. The topological polar surface area (TPSA) is 63.2 Å². The Labute approximate surface area is 191 Å². The molecule has 0 bridgehead atoms. The second-order valence-corrected chi connectivity index (χ2v) is 8.92. The third kappa shape index (κ3) is 4.85. The predicted octanol–water partition coefficient (Wildman–Crippen LogP) is 5.15. The number of benzene rings is 2. The highest BCUT2D eigenvalue weighted by molar-refractivity contribution is 7.16. The summed E-state index contributed by atoms with van der Waals surface area (Å²) in [7, 11) is 0. The Morgan fingerprint density at radius 3 is 2.41 bits per heavy atom. The first-order chi connectivity index (χ1) is 15.7. The van der Waals surface area contributed by atoms with E-state index in [1.54, 1.807) is 11.3 Å². The van der Waals surface area contributed by atoms with Crippen LogP contribution < -0.4 is 5.32 Å². The molecule has 5 rings (SSSR count). The Hall–Kier alpha value is -3.13. The van der Waals surface area contributed by atoms with E-state index in [4.69, 9.17) is 9.72 Å². The monoisotopic (exact) mass is 443 g/mol. The number of anilines is 2. The van der Waals surface area contributed by atoms with Gasteiger partial charge in [0, 0.05) is 35.6 Å². The van der Waals surface area contributed by atoms with E-state index in [0.717, 1.165) is 60.5 Å². The summed E-state index contributed by atoms with van der Waals surface area (Å²) < 4.78 is 5.50. The Morgan fingerprint density at radius 2 is 1.69 bits per heavy atom. The van der Waals surface area contributed by atoms with Crippen LogP contribution in [0.3, 0.4) is 0 Å². The van der Waals surface area contributed by atoms with Crippen LogP contribution in [0.15, 0.2) is 66.7 Å². The third-order valence-corrected chi connectivity index (χ3v) is 6.42. The van der Waals surface area contributed by atoms with Gasteiger partial charge >= 0.3 is 0 Å². The fraction of sp³-hybridized carbons (Fsp3) is 0.240. The quantitative estimate of drug-likeness (QED) is 0.445. The van der Waals surface area contributed by atoms with Gasteiger partial charge in [-0.2, -0.15) is 0 Å². The maximum atomic E-state index is 5.50. The molecule has 1 fully saturated rings. The van der Waals surface area contributed by atoms with Crippen LogP contribution in [0, 0.1) is 6.92 Å². The van der Waals surface area contributed by atoms with Crippen LogP contribution in [0.25, 0.3) is 22.5 Å². The lowest BCUT2D eigenvalue weighted by Crippen LogP contribution is -2.35. The van der Waals surface area contributed by atoms with Gasteiger partial charge in [0.2, 0.25) is 0 Å². The van der Waals surface area contributed by atoms with Crippen LogP contribution in [0.5, 0.6) is 0 Å². The molecule has 0 aliphatic carbocycles. The van der Waals surface area contributed by atoms with Gasteiger partial charge in [0.25, 0.3) is 0 Å². The zero-order chi connectivity index (χ0) is 21.8. The molecule has 162 valence electrons. The predicted molar refractivity (Wildman–Crippen MR) is 129 cm³/mol. The highest BCUT2D eigenvalue weighted by Crippen LogP contribution is 2.33. The van der Waals surface area contributed by atoms with E-state index in [0.29, 0.717) is 5.82 Å². The number of hydrogen-bond donors (Lipinski definition) is 1. The normalized spacial score (nSPS) is 14.4. The van der Waals surface area contributed by atoms with Crippen molar-refractivity contribution in [1.82, 2.24) is 20.1 Å². The van der Waals surface area contributed by atoms with Gasteiger partial charge in [-0.1, -0.05) is 71.5 Å². The highest BCUT2D eigenvalue weighted by atomic mass is 32.1. The van der Waals surface area contributed by atoms with Gasteiger partial charge in [-0.25, -0.2) is 4.98 Å². The van der Waals surface area contributed by atoms with Crippen molar-refractivity contribution >= 4 is 22.3 Å². The third-order valence-electron chi connectivity index (χ3n) is 5.46. The summed E-state index contributed by atoms with van der Waals surface area (Å²) in [4.78, 5) is 8.57. The first-order valence-corrected chi connectivity index (χ1v) is 11.6. The summed E-state index contributed by atoms with van der Waals surface area (Å²) in [6, 6.07) is 22.6. The first-order valence-electron chi connectivity index (χ1n) is 10.8. The molecule has 1 aliphatic rings. The Kier molecular flexibility index (Phi) is 6.20. The van der Waals surface area contributed by atoms with Crippen LogP contribution in [0.4, 0.5) is 10.9 Å². The van der Waals surface area contributed by atoms with E-state index >= 15 is 0 Å². The molecule has 1 aliphatic heterocycles. The Bertz CT molecular complexity index is 1150. The maximum Gasteiger partial charge on any atom is 0.189 e. The number of ether oxygens (including phenoxy) is 1. The molecule has 0 saturated carbocycles. The molecular weight excluding hydrogens is 418 g/mol. The SMILES string of the molecule is Cc1ccc(-c2ccc(Nc3nc(-c4ccccc4)c(CN4CCOCC4)s3)nn2)cc1. The summed E-state index contributed by atoms with van der Waals surface area (Å²) in [6.07, 6.45) is 0. The lowest BCUT2D eigenvalue weighted by atomic mass is 10.1. The second-order valence-electron chi connectivity index (χ2n) is 7.84. The minimum absolute atomic E-state index is 0.687. The van der Waals surface area contributed by atoms with Gasteiger partial charge < -0.3 is 10.1 Å². The average Bonchev–Trinajstić information content (AvgIpc) is 3.23. The summed E-state index contributed by atoms with van der Waals surface area (Å²) in [5.74, 6) is 0.687. The molecular formula is C25H25N5OS. The molecule has 0 atom stereocenters. The fourth-order valence-corrected chi connectivity index (χ4v) is 4.72. The van der Waals surface area contributed by atoms with Crippen molar-refractivity contribution in [2.75, 3.05) is 31.6 Å². The van der Waals surface area contributed by atoms with Crippen LogP contribution in [0.2, 0.25) is 0 Å². The Balaban J connectivity index is 1.37. The van der Waals surface area contributed by atoms with E-state index in [2.05, 4.69) is 75.9 Å². The number of nitrogens with one attached hydrogen (secondary N) is 1.